The van der Waals surface area contributed by atoms with Gasteiger partial charge in [-0.05, 0) is 57.4 Å². The minimum Gasteiger partial charge on any atom is -0.444 e. The quantitative estimate of drug-likeness (QED) is 0.579. The number of hydrogen-bond donors (Lipinski definition) is 1. The number of ether oxygens (including phenoxy) is 1. The van der Waals surface area contributed by atoms with Crippen molar-refractivity contribution in [3.8, 4) is 0 Å². The Morgan fingerprint density at radius 2 is 1.88 bits per heavy atom. The molecule has 1 fully saturated rings. The van der Waals surface area contributed by atoms with Crippen molar-refractivity contribution in [3.05, 3.63) is 35.4 Å². The monoisotopic (exact) mass is 330 g/mol. The lowest BCUT2D eigenvalue weighted by atomic mass is 9.64. The maximum absolute atomic E-state index is 12.3. The van der Waals surface area contributed by atoms with Crippen molar-refractivity contribution >= 4 is 11.8 Å². The summed E-state index contributed by atoms with van der Waals surface area (Å²) < 4.78 is 5.49. The fourth-order valence-electron chi connectivity index (χ4n) is 3.89. The zero-order valence-electron chi connectivity index (χ0n) is 14.7. The van der Waals surface area contributed by atoms with Crippen molar-refractivity contribution in [2.45, 2.75) is 57.5 Å². The number of carbonyl (C=O) groups is 1. The van der Waals surface area contributed by atoms with Crippen molar-refractivity contribution in [1.29, 1.82) is 0 Å². The molecule has 1 aromatic rings. The molecule has 1 amide bonds. The van der Waals surface area contributed by atoms with Gasteiger partial charge in [0.05, 0.1) is 5.71 Å². The normalized spacial score (nSPS) is 21.6. The predicted octanol–water partition coefficient (Wildman–Crippen LogP) is 3.93. The molecule has 130 valence electrons. The largest absolute Gasteiger partial charge is 0.444 e. The summed E-state index contributed by atoms with van der Waals surface area (Å²) in [6.07, 6.45) is 3.36. The van der Waals surface area contributed by atoms with Crippen LogP contribution in [-0.2, 0) is 10.2 Å². The van der Waals surface area contributed by atoms with Crippen molar-refractivity contribution in [2.24, 2.45) is 5.16 Å². The lowest BCUT2D eigenvalue weighted by Gasteiger charge is -2.45. The van der Waals surface area contributed by atoms with Crippen LogP contribution in [0.25, 0.3) is 0 Å². The van der Waals surface area contributed by atoms with E-state index in [0.717, 1.165) is 37.0 Å². The summed E-state index contributed by atoms with van der Waals surface area (Å²) in [5.74, 6) is 0. The molecule has 1 saturated heterocycles. The maximum atomic E-state index is 12.3. The Hall–Kier alpha value is -2.04. The Kier molecular flexibility index (Phi) is 4.28. The van der Waals surface area contributed by atoms with Gasteiger partial charge in [0.15, 0.2) is 0 Å². The summed E-state index contributed by atoms with van der Waals surface area (Å²) in [5, 5.41) is 12.7. The first-order valence-electron chi connectivity index (χ1n) is 8.63. The molecule has 5 heteroatoms. The molecule has 1 N–H and O–H groups in total. The highest BCUT2D eigenvalue weighted by Crippen LogP contribution is 2.45. The third-order valence-electron chi connectivity index (χ3n) is 5.14. The molecule has 0 atom stereocenters. The summed E-state index contributed by atoms with van der Waals surface area (Å²) in [4.78, 5) is 14.1. The highest BCUT2D eigenvalue weighted by molar-refractivity contribution is 6.03. The van der Waals surface area contributed by atoms with Crippen LogP contribution in [0.2, 0.25) is 0 Å². The van der Waals surface area contributed by atoms with E-state index in [1.165, 1.54) is 5.56 Å². The zero-order chi connectivity index (χ0) is 17.4. The molecule has 1 aromatic carbocycles. The first kappa shape index (κ1) is 16.8. The molecule has 1 heterocycles. The summed E-state index contributed by atoms with van der Waals surface area (Å²) in [6, 6.07) is 8.20. The zero-order valence-corrected chi connectivity index (χ0v) is 14.7. The molecule has 1 aliphatic heterocycles. The van der Waals surface area contributed by atoms with Gasteiger partial charge in [0.1, 0.15) is 5.60 Å². The molecule has 2 aliphatic rings. The van der Waals surface area contributed by atoms with E-state index < -0.39 is 5.60 Å². The Balaban J connectivity index is 1.77. The number of fused-ring (bicyclic) bond motifs is 2. The average molecular weight is 330 g/mol. The van der Waals surface area contributed by atoms with Crippen LogP contribution < -0.4 is 0 Å². The Morgan fingerprint density at radius 1 is 1.21 bits per heavy atom. The molecular weight excluding hydrogens is 304 g/mol. The number of likely N-dealkylation sites (tertiary alicyclic amines) is 1. The summed E-state index contributed by atoms with van der Waals surface area (Å²) in [7, 11) is 0. The molecule has 0 bridgehead atoms. The number of amides is 1. The number of benzene rings is 1. The second-order valence-electron chi connectivity index (χ2n) is 7.84. The van der Waals surface area contributed by atoms with E-state index in [1.807, 2.05) is 43.9 Å². The third kappa shape index (κ3) is 3.12. The van der Waals surface area contributed by atoms with Crippen LogP contribution in [0.4, 0.5) is 4.79 Å². The fraction of sp³-hybridized carbons (Fsp3) is 0.579. The molecule has 0 unspecified atom stereocenters. The molecule has 24 heavy (non-hydrogen) atoms. The highest BCUT2D eigenvalue weighted by Gasteiger charge is 2.42. The first-order chi connectivity index (χ1) is 11.3. The summed E-state index contributed by atoms with van der Waals surface area (Å²) in [6.45, 7) is 7.08. The van der Waals surface area contributed by atoms with E-state index in [-0.39, 0.29) is 11.5 Å². The number of piperidine rings is 1. The highest BCUT2D eigenvalue weighted by atomic mass is 16.6. The van der Waals surface area contributed by atoms with Gasteiger partial charge in [-0.15, -0.1) is 0 Å². The van der Waals surface area contributed by atoms with E-state index in [4.69, 9.17) is 4.74 Å². The van der Waals surface area contributed by atoms with Gasteiger partial charge in [-0.3, -0.25) is 0 Å². The average Bonchev–Trinajstić information content (AvgIpc) is 2.55. The van der Waals surface area contributed by atoms with Crippen LogP contribution >= 0.6 is 0 Å². The predicted molar refractivity (Wildman–Crippen MR) is 92.7 cm³/mol. The first-order valence-corrected chi connectivity index (χ1v) is 8.63. The van der Waals surface area contributed by atoms with Crippen LogP contribution in [0.5, 0.6) is 0 Å². The maximum Gasteiger partial charge on any atom is 0.410 e. The van der Waals surface area contributed by atoms with Crippen molar-refractivity contribution in [3.63, 3.8) is 0 Å². The molecule has 1 spiro atoms. The molecule has 3 rings (SSSR count). The van der Waals surface area contributed by atoms with Gasteiger partial charge in [0.25, 0.3) is 0 Å². The fourth-order valence-corrected chi connectivity index (χ4v) is 3.89. The molecule has 0 radical (unpaired) electrons. The van der Waals surface area contributed by atoms with Gasteiger partial charge in [0, 0.05) is 18.7 Å². The second kappa shape index (κ2) is 6.11. The standard InChI is InChI=1S/C19H26N2O3/c1-18(2,3)24-17(22)21-12-10-19(11-13-21)9-8-16(20-23)14-6-4-5-7-15(14)19/h4-7,23H,8-13H2,1-3H3/b20-16+. The second-order valence-corrected chi connectivity index (χ2v) is 7.84. The van der Waals surface area contributed by atoms with E-state index in [2.05, 4.69) is 11.2 Å². The SMILES string of the molecule is CC(C)(C)OC(=O)N1CCC2(CC/C(=N\O)c3ccccc32)CC1. The molecule has 0 saturated carbocycles. The van der Waals surface area contributed by atoms with Gasteiger partial charge in [-0.2, -0.15) is 0 Å². The molecule has 0 aromatic heterocycles. The lowest BCUT2D eigenvalue weighted by Crippen LogP contribution is -2.48. The lowest BCUT2D eigenvalue weighted by molar-refractivity contribution is 0.0158. The molecule has 1 aliphatic carbocycles. The number of hydrogen-bond acceptors (Lipinski definition) is 4. The van der Waals surface area contributed by atoms with Crippen molar-refractivity contribution < 1.29 is 14.7 Å². The van der Waals surface area contributed by atoms with Crippen LogP contribution in [0.15, 0.2) is 29.4 Å². The van der Waals surface area contributed by atoms with E-state index in [1.54, 1.807) is 0 Å². The van der Waals surface area contributed by atoms with Crippen LogP contribution in [0.1, 0.15) is 57.6 Å². The Bertz CT molecular complexity index is 653. The van der Waals surface area contributed by atoms with Gasteiger partial charge < -0.3 is 14.8 Å². The van der Waals surface area contributed by atoms with E-state index >= 15 is 0 Å². The number of rotatable bonds is 0. The van der Waals surface area contributed by atoms with Gasteiger partial charge in [0.2, 0.25) is 0 Å². The van der Waals surface area contributed by atoms with Crippen molar-refractivity contribution in [1.82, 2.24) is 4.90 Å². The van der Waals surface area contributed by atoms with Gasteiger partial charge in [-0.1, -0.05) is 29.4 Å². The Morgan fingerprint density at radius 3 is 2.50 bits per heavy atom. The topological polar surface area (TPSA) is 62.1 Å². The molecule has 5 nitrogen and oxygen atoms in total. The van der Waals surface area contributed by atoms with E-state index in [0.29, 0.717) is 13.1 Å². The number of nitrogens with zero attached hydrogens (tertiary/aromatic N) is 2. The van der Waals surface area contributed by atoms with E-state index in [9.17, 15) is 10.0 Å². The molecular formula is C19H26N2O3. The van der Waals surface area contributed by atoms with Crippen LogP contribution in [0, 0.1) is 0 Å². The minimum absolute atomic E-state index is 0.0727. The smallest absolute Gasteiger partial charge is 0.410 e. The van der Waals surface area contributed by atoms with Gasteiger partial charge in [-0.25, -0.2) is 4.79 Å². The summed E-state index contributed by atoms with van der Waals surface area (Å²) in [5.41, 5.74) is 2.69. The third-order valence-corrected chi connectivity index (χ3v) is 5.14. The summed E-state index contributed by atoms with van der Waals surface area (Å²) >= 11 is 0. The van der Waals surface area contributed by atoms with Crippen LogP contribution in [-0.4, -0.2) is 40.6 Å². The van der Waals surface area contributed by atoms with Crippen molar-refractivity contribution in [2.75, 3.05) is 13.1 Å². The minimum atomic E-state index is -0.462. The van der Waals surface area contributed by atoms with Crippen LogP contribution in [0.3, 0.4) is 0 Å². The number of carbonyl (C=O) groups excluding carboxylic acids is 1. The Labute approximate surface area is 143 Å². The van der Waals surface area contributed by atoms with Gasteiger partial charge >= 0.3 is 6.09 Å². The number of oxime groups is 1.